The van der Waals surface area contributed by atoms with Crippen molar-refractivity contribution < 1.29 is 19.0 Å². The van der Waals surface area contributed by atoms with Crippen molar-refractivity contribution in [2.24, 2.45) is 0 Å². The molecule has 1 fully saturated rings. The standard InChI is InChI=1S/C21H28FN3O3S/c1-5-25-10-8-21(27,9-11-25)18-23-13-17(29-18)14-6-7-16(15(22)12-14)24-19(26)28-20(2,3)4/h6-7,12-13,27H,5,8-11H2,1-4H3,(H,24,26). The highest BCUT2D eigenvalue weighted by molar-refractivity contribution is 7.15. The SMILES string of the molecule is CCN1CCC(O)(c2ncc(-c3ccc(NC(=O)OC(C)(C)C)c(F)c3)s2)CC1. The van der Waals surface area contributed by atoms with Crippen LogP contribution in [0.1, 0.15) is 45.5 Å². The molecular weight excluding hydrogens is 393 g/mol. The van der Waals surface area contributed by atoms with Crippen molar-refractivity contribution in [1.82, 2.24) is 9.88 Å². The van der Waals surface area contributed by atoms with Crippen LogP contribution in [0, 0.1) is 5.82 Å². The summed E-state index contributed by atoms with van der Waals surface area (Å²) >= 11 is 1.38. The molecule has 3 rings (SSSR count). The lowest BCUT2D eigenvalue weighted by atomic mass is 9.92. The number of carbonyl (C=O) groups excluding carboxylic acids is 1. The molecule has 1 aromatic carbocycles. The first-order valence-electron chi connectivity index (χ1n) is 9.80. The predicted molar refractivity (Wildman–Crippen MR) is 113 cm³/mol. The van der Waals surface area contributed by atoms with Gasteiger partial charge in [0.2, 0.25) is 0 Å². The first-order chi connectivity index (χ1) is 13.6. The zero-order valence-corrected chi connectivity index (χ0v) is 18.1. The summed E-state index contributed by atoms with van der Waals surface area (Å²) in [6.07, 6.45) is 2.24. The van der Waals surface area contributed by atoms with Gasteiger partial charge >= 0.3 is 6.09 Å². The van der Waals surface area contributed by atoms with Crippen molar-refractivity contribution in [2.75, 3.05) is 25.0 Å². The highest BCUT2D eigenvalue weighted by Gasteiger charge is 2.36. The highest BCUT2D eigenvalue weighted by Crippen LogP contribution is 2.38. The maximum atomic E-state index is 14.5. The molecule has 6 nitrogen and oxygen atoms in total. The first kappa shape index (κ1) is 21.7. The molecule has 0 aliphatic carbocycles. The Labute approximate surface area is 174 Å². The molecule has 1 saturated heterocycles. The second-order valence-electron chi connectivity index (χ2n) is 8.32. The van der Waals surface area contributed by atoms with E-state index in [0.29, 0.717) is 23.4 Å². The number of carbonyl (C=O) groups is 1. The summed E-state index contributed by atoms with van der Waals surface area (Å²) in [5.74, 6) is -0.557. The van der Waals surface area contributed by atoms with Gasteiger partial charge in [0.1, 0.15) is 22.0 Å². The Kier molecular flexibility index (Phi) is 6.26. The fourth-order valence-corrected chi connectivity index (χ4v) is 4.32. The summed E-state index contributed by atoms with van der Waals surface area (Å²) in [6.45, 7) is 9.99. The van der Waals surface area contributed by atoms with E-state index in [1.807, 2.05) is 0 Å². The molecule has 158 valence electrons. The molecule has 0 spiro atoms. The molecule has 8 heteroatoms. The van der Waals surface area contributed by atoms with Gasteiger partial charge in [0, 0.05) is 19.3 Å². The number of likely N-dealkylation sites (tertiary alicyclic amines) is 1. The van der Waals surface area contributed by atoms with Crippen molar-refractivity contribution in [2.45, 2.75) is 51.7 Å². The number of aliphatic hydroxyl groups is 1. The van der Waals surface area contributed by atoms with E-state index in [0.717, 1.165) is 24.5 Å². The maximum absolute atomic E-state index is 14.5. The van der Waals surface area contributed by atoms with Gasteiger partial charge in [-0.3, -0.25) is 5.32 Å². The summed E-state index contributed by atoms with van der Waals surface area (Å²) in [7, 11) is 0. The van der Waals surface area contributed by atoms with Crippen molar-refractivity contribution in [3.63, 3.8) is 0 Å². The average molecular weight is 422 g/mol. The Hall–Kier alpha value is -2.03. The predicted octanol–water partition coefficient (Wildman–Crippen LogP) is 4.60. The van der Waals surface area contributed by atoms with Gasteiger partial charge in [-0.25, -0.2) is 14.2 Å². The molecule has 0 unspecified atom stereocenters. The first-order valence-corrected chi connectivity index (χ1v) is 10.6. The third-order valence-electron chi connectivity index (χ3n) is 4.92. The Morgan fingerprint density at radius 2 is 2.07 bits per heavy atom. The van der Waals surface area contributed by atoms with Crippen LogP contribution < -0.4 is 5.32 Å². The zero-order valence-electron chi connectivity index (χ0n) is 17.3. The minimum absolute atomic E-state index is 0.0540. The lowest BCUT2D eigenvalue weighted by molar-refractivity contribution is -0.0248. The van der Waals surface area contributed by atoms with Crippen LogP contribution in [0.15, 0.2) is 24.4 Å². The number of hydrogen-bond acceptors (Lipinski definition) is 6. The van der Waals surface area contributed by atoms with E-state index >= 15 is 0 Å². The van der Waals surface area contributed by atoms with Crippen LogP contribution in [0.5, 0.6) is 0 Å². The molecule has 0 radical (unpaired) electrons. The number of aromatic nitrogens is 1. The number of nitrogens with one attached hydrogen (secondary N) is 1. The molecule has 2 heterocycles. The third-order valence-corrected chi connectivity index (χ3v) is 6.16. The summed E-state index contributed by atoms with van der Waals surface area (Å²) in [6, 6.07) is 4.58. The summed E-state index contributed by atoms with van der Waals surface area (Å²) in [5.41, 5.74) is -0.882. The van der Waals surface area contributed by atoms with Crippen LogP contribution in [-0.4, -0.2) is 46.3 Å². The number of halogens is 1. The molecule has 1 aromatic heterocycles. The number of anilines is 1. The zero-order chi connectivity index (χ0) is 21.2. The Balaban J connectivity index is 1.72. The number of benzene rings is 1. The third kappa shape index (κ3) is 5.32. The topological polar surface area (TPSA) is 74.7 Å². The molecule has 2 aromatic rings. The van der Waals surface area contributed by atoms with Gasteiger partial charge in [-0.1, -0.05) is 13.0 Å². The van der Waals surface area contributed by atoms with Gasteiger partial charge in [0.25, 0.3) is 0 Å². The van der Waals surface area contributed by atoms with E-state index in [-0.39, 0.29) is 5.69 Å². The quantitative estimate of drug-likeness (QED) is 0.755. The van der Waals surface area contributed by atoms with E-state index in [4.69, 9.17) is 4.74 Å². The minimum Gasteiger partial charge on any atom is -0.444 e. The van der Waals surface area contributed by atoms with E-state index in [1.54, 1.807) is 33.0 Å². The number of ether oxygens (including phenoxy) is 1. The Bertz CT molecular complexity index is 870. The van der Waals surface area contributed by atoms with E-state index in [2.05, 4.69) is 22.1 Å². The Morgan fingerprint density at radius 1 is 1.38 bits per heavy atom. The van der Waals surface area contributed by atoms with Crippen LogP contribution in [0.25, 0.3) is 10.4 Å². The van der Waals surface area contributed by atoms with E-state index < -0.39 is 23.1 Å². The fraction of sp³-hybridized carbons (Fsp3) is 0.524. The summed E-state index contributed by atoms with van der Waals surface area (Å²) in [5, 5.41) is 14.1. The van der Waals surface area contributed by atoms with Crippen molar-refractivity contribution in [3.8, 4) is 10.4 Å². The molecule has 1 aliphatic rings. The lowest BCUT2D eigenvalue weighted by Crippen LogP contribution is -2.42. The Morgan fingerprint density at radius 3 is 2.66 bits per heavy atom. The summed E-state index contributed by atoms with van der Waals surface area (Å²) < 4.78 is 19.7. The second-order valence-corrected chi connectivity index (χ2v) is 9.35. The molecule has 1 amide bonds. The largest absolute Gasteiger partial charge is 0.444 e. The average Bonchev–Trinajstić information content (AvgIpc) is 3.13. The molecule has 29 heavy (non-hydrogen) atoms. The summed E-state index contributed by atoms with van der Waals surface area (Å²) in [4.78, 5) is 19.3. The van der Waals surface area contributed by atoms with Gasteiger partial charge in [0.05, 0.1) is 10.6 Å². The minimum atomic E-state index is -0.925. The van der Waals surface area contributed by atoms with Gasteiger partial charge in [-0.15, -0.1) is 11.3 Å². The van der Waals surface area contributed by atoms with Crippen molar-refractivity contribution in [1.29, 1.82) is 0 Å². The van der Waals surface area contributed by atoms with Crippen LogP contribution in [-0.2, 0) is 10.3 Å². The van der Waals surface area contributed by atoms with Crippen LogP contribution in [0.4, 0.5) is 14.9 Å². The van der Waals surface area contributed by atoms with Crippen LogP contribution in [0.2, 0.25) is 0 Å². The lowest BCUT2D eigenvalue weighted by Gasteiger charge is -2.36. The number of hydrogen-bond donors (Lipinski definition) is 2. The molecule has 0 saturated carbocycles. The molecule has 0 atom stereocenters. The number of amides is 1. The highest BCUT2D eigenvalue weighted by atomic mass is 32.1. The molecule has 0 bridgehead atoms. The van der Waals surface area contributed by atoms with Gasteiger partial charge in [0.15, 0.2) is 0 Å². The molecule has 1 aliphatic heterocycles. The van der Waals surface area contributed by atoms with E-state index in [1.165, 1.54) is 23.5 Å². The number of piperidine rings is 1. The smallest absolute Gasteiger partial charge is 0.412 e. The second kappa shape index (κ2) is 8.38. The van der Waals surface area contributed by atoms with Gasteiger partial charge < -0.3 is 14.7 Å². The fourth-order valence-electron chi connectivity index (χ4n) is 3.26. The van der Waals surface area contributed by atoms with Crippen molar-refractivity contribution in [3.05, 3.63) is 35.2 Å². The van der Waals surface area contributed by atoms with Gasteiger partial charge in [-0.05, 0) is 57.9 Å². The van der Waals surface area contributed by atoms with Crippen LogP contribution >= 0.6 is 11.3 Å². The normalized spacial score (nSPS) is 17.2. The monoisotopic (exact) mass is 421 g/mol. The maximum Gasteiger partial charge on any atom is 0.412 e. The number of nitrogens with zero attached hydrogens (tertiary/aromatic N) is 2. The number of thiazole rings is 1. The molecule has 2 N–H and O–H groups in total. The molecular formula is C21H28FN3O3S. The van der Waals surface area contributed by atoms with Gasteiger partial charge in [-0.2, -0.15) is 0 Å². The van der Waals surface area contributed by atoms with Crippen LogP contribution in [0.3, 0.4) is 0 Å². The van der Waals surface area contributed by atoms with E-state index in [9.17, 15) is 14.3 Å². The van der Waals surface area contributed by atoms with Crippen molar-refractivity contribution >= 4 is 23.1 Å². The number of rotatable bonds is 4.